The van der Waals surface area contributed by atoms with Gasteiger partial charge in [-0.15, -0.1) is 0 Å². The maximum atomic E-state index is 12.2. The molecule has 0 spiro atoms. The van der Waals surface area contributed by atoms with Crippen molar-refractivity contribution in [2.45, 2.75) is 38.8 Å². The SMILES string of the molecule is CCC1CCN(C(=O)NCc2ccncn2)C(C(=O)O)C1. The van der Waals surface area contributed by atoms with Gasteiger partial charge in [0.15, 0.2) is 0 Å². The number of likely N-dealkylation sites (tertiary alicyclic amines) is 1. The van der Waals surface area contributed by atoms with E-state index in [0.29, 0.717) is 24.6 Å². The van der Waals surface area contributed by atoms with Crippen molar-refractivity contribution in [2.75, 3.05) is 6.54 Å². The van der Waals surface area contributed by atoms with E-state index in [4.69, 9.17) is 0 Å². The van der Waals surface area contributed by atoms with Crippen LogP contribution in [0.15, 0.2) is 18.6 Å². The van der Waals surface area contributed by atoms with Crippen molar-refractivity contribution in [3.05, 3.63) is 24.3 Å². The van der Waals surface area contributed by atoms with Gasteiger partial charge in [-0.25, -0.2) is 19.6 Å². The molecule has 114 valence electrons. The zero-order valence-electron chi connectivity index (χ0n) is 12.0. The number of hydrogen-bond donors (Lipinski definition) is 2. The van der Waals surface area contributed by atoms with Crippen LogP contribution in [0.3, 0.4) is 0 Å². The molecular weight excluding hydrogens is 272 g/mol. The lowest BCUT2D eigenvalue weighted by Crippen LogP contribution is -2.53. The lowest BCUT2D eigenvalue weighted by molar-refractivity contribution is -0.144. The second-order valence-corrected chi connectivity index (χ2v) is 5.21. The fourth-order valence-electron chi connectivity index (χ4n) is 2.58. The lowest BCUT2D eigenvalue weighted by Gasteiger charge is -2.36. The molecule has 1 fully saturated rings. The van der Waals surface area contributed by atoms with Crippen LogP contribution in [-0.2, 0) is 11.3 Å². The number of aliphatic carboxylic acids is 1. The highest BCUT2D eigenvalue weighted by atomic mass is 16.4. The third kappa shape index (κ3) is 3.90. The van der Waals surface area contributed by atoms with Crippen LogP contribution in [0.1, 0.15) is 31.9 Å². The van der Waals surface area contributed by atoms with Gasteiger partial charge in [-0.05, 0) is 24.8 Å². The number of amides is 2. The zero-order valence-corrected chi connectivity index (χ0v) is 12.0. The van der Waals surface area contributed by atoms with Crippen molar-refractivity contribution in [1.82, 2.24) is 20.2 Å². The molecule has 21 heavy (non-hydrogen) atoms. The summed E-state index contributed by atoms with van der Waals surface area (Å²) in [4.78, 5) is 32.8. The summed E-state index contributed by atoms with van der Waals surface area (Å²) in [5.41, 5.74) is 0.689. The molecule has 2 rings (SSSR count). The second kappa shape index (κ2) is 7.01. The Kier molecular flexibility index (Phi) is 5.08. The molecule has 2 unspecified atom stereocenters. The molecule has 1 aliphatic rings. The minimum absolute atomic E-state index is 0.265. The lowest BCUT2D eigenvalue weighted by atomic mass is 9.89. The quantitative estimate of drug-likeness (QED) is 0.871. The second-order valence-electron chi connectivity index (χ2n) is 5.21. The van der Waals surface area contributed by atoms with Crippen molar-refractivity contribution in [1.29, 1.82) is 0 Å². The van der Waals surface area contributed by atoms with Gasteiger partial charge in [0.05, 0.1) is 12.2 Å². The van der Waals surface area contributed by atoms with Crippen molar-refractivity contribution in [3.8, 4) is 0 Å². The van der Waals surface area contributed by atoms with Gasteiger partial charge < -0.3 is 15.3 Å². The highest BCUT2D eigenvalue weighted by Gasteiger charge is 2.35. The van der Waals surface area contributed by atoms with E-state index in [2.05, 4.69) is 22.2 Å². The summed E-state index contributed by atoms with van der Waals surface area (Å²) < 4.78 is 0. The minimum atomic E-state index is -0.940. The number of nitrogens with one attached hydrogen (secondary N) is 1. The number of aromatic nitrogens is 2. The average Bonchev–Trinajstić information content (AvgIpc) is 2.52. The third-order valence-corrected chi connectivity index (χ3v) is 3.90. The summed E-state index contributed by atoms with van der Waals surface area (Å²) in [5.74, 6) is -0.567. The fourth-order valence-corrected chi connectivity index (χ4v) is 2.58. The molecular formula is C14H20N4O3. The van der Waals surface area contributed by atoms with Crippen LogP contribution < -0.4 is 5.32 Å². The highest BCUT2D eigenvalue weighted by molar-refractivity contribution is 5.82. The summed E-state index contributed by atoms with van der Waals surface area (Å²) in [5, 5.41) is 12.0. The van der Waals surface area contributed by atoms with E-state index in [9.17, 15) is 14.7 Å². The van der Waals surface area contributed by atoms with Crippen LogP contribution in [0.2, 0.25) is 0 Å². The van der Waals surface area contributed by atoms with Crippen LogP contribution in [0.4, 0.5) is 4.79 Å². The number of carboxylic acid groups (broad SMARTS) is 1. The zero-order chi connectivity index (χ0) is 15.2. The maximum absolute atomic E-state index is 12.2. The summed E-state index contributed by atoms with van der Waals surface area (Å²) in [7, 11) is 0. The Morgan fingerprint density at radius 2 is 2.33 bits per heavy atom. The van der Waals surface area contributed by atoms with Gasteiger partial charge in [0.2, 0.25) is 0 Å². The Morgan fingerprint density at radius 3 is 2.95 bits per heavy atom. The van der Waals surface area contributed by atoms with Gasteiger partial charge in [0, 0.05) is 12.7 Å². The number of piperidine rings is 1. The first-order valence-electron chi connectivity index (χ1n) is 7.14. The monoisotopic (exact) mass is 292 g/mol. The molecule has 7 heteroatoms. The van der Waals surface area contributed by atoms with E-state index >= 15 is 0 Å². The number of hydrogen-bond acceptors (Lipinski definition) is 4. The molecule has 2 heterocycles. The minimum Gasteiger partial charge on any atom is -0.480 e. The number of nitrogens with zero attached hydrogens (tertiary/aromatic N) is 3. The highest BCUT2D eigenvalue weighted by Crippen LogP contribution is 2.25. The van der Waals surface area contributed by atoms with Gasteiger partial charge in [-0.1, -0.05) is 13.3 Å². The van der Waals surface area contributed by atoms with E-state index in [1.165, 1.54) is 11.2 Å². The van der Waals surface area contributed by atoms with Gasteiger partial charge in [-0.2, -0.15) is 0 Å². The molecule has 2 amide bonds. The van der Waals surface area contributed by atoms with E-state index in [0.717, 1.165) is 12.8 Å². The maximum Gasteiger partial charge on any atom is 0.326 e. The average molecular weight is 292 g/mol. The largest absolute Gasteiger partial charge is 0.480 e. The Hall–Kier alpha value is -2.18. The Morgan fingerprint density at radius 1 is 1.52 bits per heavy atom. The summed E-state index contributed by atoms with van der Waals surface area (Å²) >= 11 is 0. The van der Waals surface area contributed by atoms with E-state index in [-0.39, 0.29) is 12.6 Å². The fraction of sp³-hybridized carbons (Fsp3) is 0.571. The smallest absolute Gasteiger partial charge is 0.326 e. The molecule has 0 aliphatic carbocycles. The van der Waals surface area contributed by atoms with Gasteiger partial charge >= 0.3 is 12.0 Å². The summed E-state index contributed by atoms with van der Waals surface area (Å²) in [6.45, 7) is 2.79. The number of urea groups is 1. The molecule has 1 aliphatic heterocycles. The molecule has 0 saturated carbocycles. The molecule has 7 nitrogen and oxygen atoms in total. The Balaban J connectivity index is 1.95. The third-order valence-electron chi connectivity index (χ3n) is 3.90. The molecule has 0 radical (unpaired) electrons. The van der Waals surface area contributed by atoms with Crippen molar-refractivity contribution < 1.29 is 14.7 Å². The van der Waals surface area contributed by atoms with E-state index < -0.39 is 12.0 Å². The van der Waals surface area contributed by atoms with Crippen LogP contribution in [0, 0.1) is 5.92 Å². The molecule has 1 aromatic heterocycles. The topological polar surface area (TPSA) is 95.4 Å². The molecule has 1 aromatic rings. The van der Waals surface area contributed by atoms with E-state index in [1.54, 1.807) is 12.3 Å². The summed E-state index contributed by atoms with van der Waals surface area (Å²) in [6.07, 6.45) is 5.32. The first kappa shape index (κ1) is 15.2. The number of carbonyl (C=O) groups excluding carboxylic acids is 1. The standard InChI is InChI=1S/C14H20N4O3/c1-2-10-4-6-18(12(7-10)13(19)20)14(21)16-8-11-3-5-15-9-17-11/h3,5,9-10,12H,2,4,6-8H2,1H3,(H,16,21)(H,19,20). The normalized spacial score (nSPS) is 21.9. The number of carbonyl (C=O) groups is 2. The number of carboxylic acids is 1. The molecule has 0 bridgehead atoms. The van der Waals surface area contributed by atoms with E-state index in [1.807, 2.05) is 0 Å². The van der Waals surface area contributed by atoms with Crippen molar-refractivity contribution >= 4 is 12.0 Å². The molecule has 2 atom stereocenters. The Labute approximate surface area is 123 Å². The van der Waals surface area contributed by atoms with Crippen molar-refractivity contribution in [2.24, 2.45) is 5.92 Å². The number of rotatable bonds is 4. The first-order chi connectivity index (χ1) is 10.1. The Bertz CT molecular complexity index is 494. The predicted molar refractivity (Wildman–Crippen MR) is 75.4 cm³/mol. The van der Waals surface area contributed by atoms with Crippen LogP contribution in [-0.4, -0.2) is 44.6 Å². The van der Waals surface area contributed by atoms with Gasteiger partial charge in [-0.3, -0.25) is 0 Å². The molecule has 0 aromatic carbocycles. The van der Waals surface area contributed by atoms with Crippen LogP contribution in [0.25, 0.3) is 0 Å². The van der Waals surface area contributed by atoms with Gasteiger partial charge in [0.25, 0.3) is 0 Å². The summed E-state index contributed by atoms with van der Waals surface area (Å²) in [6, 6.07) is 0.614. The molecule has 1 saturated heterocycles. The molecule has 2 N–H and O–H groups in total. The van der Waals surface area contributed by atoms with Crippen LogP contribution >= 0.6 is 0 Å². The van der Waals surface area contributed by atoms with Crippen molar-refractivity contribution in [3.63, 3.8) is 0 Å². The van der Waals surface area contributed by atoms with Gasteiger partial charge in [0.1, 0.15) is 12.4 Å². The predicted octanol–water partition coefficient (Wildman–Crippen LogP) is 1.26. The van der Waals surface area contributed by atoms with Crippen LogP contribution in [0.5, 0.6) is 0 Å². The first-order valence-corrected chi connectivity index (χ1v) is 7.14.